The second-order valence-electron chi connectivity index (χ2n) is 5.18. The van der Waals surface area contributed by atoms with Crippen LogP contribution < -0.4 is 5.32 Å². The van der Waals surface area contributed by atoms with Crippen LogP contribution in [0.25, 0.3) is 0 Å². The summed E-state index contributed by atoms with van der Waals surface area (Å²) in [6.07, 6.45) is 2.56. The van der Waals surface area contributed by atoms with E-state index in [0.29, 0.717) is 5.54 Å². The molecule has 1 aliphatic rings. The molecule has 1 heterocycles. The van der Waals surface area contributed by atoms with Crippen molar-refractivity contribution in [3.63, 3.8) is 0 Å². The molecule has 2 heteroatoms. The van der Waals surface area contributed by atoms with Gasteiger partial charge in [-0.1, -0.05) is 13.8 Å². The number of rotatable bonds is 2. The minimum Gasteiger partial charge on any atom is -0.310 e. The van der Waals surface area contributed by atoms with Crippen molar-refractivity contribution < 1.29 is 0 Å². The van der Waals surface area contributed by atoms with Crippen molar-refractivity contribution in [3.8, 4) is 0 Å². The zero-order valence-corrected chi connectivity index (χ0v) is 9.56. The van der Waals surface area contributed by atoms with Crippen LogP contribution in [0.2, 0.25) is 0 Å². The third-order valence-electron chi connectivity index (χ3n) is 2.75. The lowest BCUT2D eigenvalue weighted by molar-refractivity contribution is 0.225. The van der Waals surface area contributed by atoms with Crippen LogP contribution in [-0.4, -0.2) is 37.1 Å². The largest absolute Gasteiger partial charge is 0.310 e. The summed E-state index contributed by atoms with van der Waals surface area (Å²) < 4.78 is 0. The molecule has 0 spiro atoms. The van der Waals surface area contributed by atoms with Crippen LogP contribution in [-0.2, 0) is 0 Å². The van der Waals surface area contributed by atoms with E-state index in [1.54, 1.807) is 0 Å². The van der Waals surface area contributed by atoms with Crippen molar-refractivity contribution in [2.75, 3.05) is 26.7 Å². The summed E-state index contributed by atoms with van der Waals surface area (Å²) in [7, 11) is 2.23. The molecule has 13 heavy (non-hydrogen) atoms. The van der Waals surface area contributed by atoms with Crippen LogP contribution in [0.5, 0.6) is 0 Å². The molecule has 0 aromatic heterocycles. The van der Waals surface area contributed by atoms with Gasteiger partial charge in [0.05, 0.1) is 0 Å². The van der Waals surface area contributed by atoms with Gasteiger partial charge in [-0.05, 0) is 45.8 Å². The fourth-order valence-corrected chi connectivity index (χ4v) is 2.51. The maximum Gasteiger partial charge on any atom is 0.0282 e. The first-order valence-corrected chi connectivity index (χ1v) is 5.45. The molecule has 0 saturated carbocycles. The summed E-state index contributed by atoms with van der Waals surface area (Å²) in [5, 5.41) is 3.68. The summed E-state index contributed by atoms with van der Waals surface area (Å²) in [6, 6.07) is 0. The maximum absolute atomic E-state index is 3.68. The number of nitrogens with one attached hydrogen (secondary N) is 1. The highest BCUT2D eigenvalue weighted by Gasteiger charge is 2.27. The second kappa shape index (κ2) is 4.43. The van der Waals surface area contributed by atoms with Gasteiger partial charge < -0.3 is 10.2 Å². The Balaban J connectivity index is 2.52. The number of likely N-dealkylation sites (N-methyl/N-ethyl adjacent to an activating group) is 1. The third-order valence-corrected chi connectivity index (χ3v) is 2.75. The molecule has 0 aliphatic carbocycles. The molecule has 1 saturated heterocycles. The topological polar surface area (TPSA) is 15.3 Å². The van der Waals surface area contributed by atoms with Gasteiger partial charge in [0, 0.05) is 12.1 Å². The van der Waals surface area contributed by atoms with Gasteiger partial charge in [-0.15, -0.1) is 0 Å². The Morgan fingerprint density at radius 2 is 2.15 bits per heavy atom. The molecule has 78 valence electrons. The van der Waals surface area contributed by atoms with Gasteiger partial charge in [0.25, 0.3) is 0 Å². The molecule has 0 radical (unpaired) electrons. The predicted molar refractivity (Wildman–Crippen MR) is 58.0 cm³/mol. The van der Waals surface area contributed by atoms with Crippen molar-refractivity contribution in [1.82, 2.24) is 10.2 Å². The Bertz CT molecular complexity index is 156. The van der Waals surface area contributed by atoms with Gasteiger partial charge in [0.15, 0.2) is 0 Å². The van der Waals surface area contributed by atoms with Crippen LogP contribution in [0, 0.1) is 5.92 Å². The van der Waals surface area contributed by atoms with Crippen molar-refractivity contribution in [1.29, 1.82) is 0 Å². The van der Waals surface area contributed by atoms with Gasteiger partial charge in [-0.2, -0.15) is 0 Å². The van der Waals surface area contributed by atoms with Crippen LogP contribution in [0.3, 0.4) is 0 Å². The quantitative estimate of drug-likeness (QED) is 0.703. The van der Waals surface area contributed by atoms with E-state index in [0.717, 1.165) is 5.92 Å². The van der Waals surface area contributed by atoms with Gasteiger partial charge in [0.2, 0.25) is 0 Å². The van der Waals surface area contributed by atoms with Crippen molar-refractivity contribution in [2.24, 2.45) is 5.92 Å². The van der Waals surface area contributed by atoms with Crippen LogP contribution in [0.1, 0.15) is 33.6 Å². The normalized spacial score (nSPS) is 32.1. The molecule has 1 atom stereocenters. The number of hydrogen-bond donors (Lipinski definition) is 1. The minimum atomic E-state index is 0.333. The predicted octanol–water partition coefficient (Wildman–Crippen LogP) is 1.72. The molecule has 2 nitrogen and oxygen atoms in total. The first-order chi connectivity index (χ1) is 6.02. The Hall–Kier alpha value is -0.0800. The molecular formula is C11H24N2. The van der Waals surface area contributed by atoms with Crippen LogP contribution >= 0.6 is 0 Å². The molecule has 1 aliphatic heterocycles. The highest BCUT2D eigenvalue weighted by Crippen LogP contribution is 2.19. The number of hydrogen-bond acceptors (Lipinski definition) is 2. The highest BCUT2D eigenvalue weighted by molar-refractivity contribution is 4.88. The molecule has 0 bridgehead atoms. The van der Waals surface area contributed by atoms with Gasteiger partial charge >= 0.3 is 0 Å². The van der Waals surface area contributed by atoms with E-state index in [-0.39, 0.29) is 0 Å². The Morgan fingerprint density at radius 3 is 2.77 bits per heavy atom. The minimum absolute atomic E-state index is 0.333. The van der Waals surface area contributed by atoms with Crippen LogP contribution in [0.4, 0.5) is 0 Å². The summed E-state index contributed by atoms with van der Waals surface area (Å²) in [6.45, 7) is 10.6. The number of nitrogens with zero attached hydrogens (tertiary/aromatic N) is 1. The zero-order chi connectivity index (χ0) is 9.90. The van der Waals surface area contributed by atoms with E-state index in [1.165, 1.54) is 32.5 Å². The van der Waals surface area contributed by atoms with Crippen molar-refractivity contribution in [2.45, 2.75) is 39.2 Å². The van der Waals surface area contributed by atoms with Crippen LogP contribution in [0.15, 0.2) is 0 Å². The van der Waals surface area contributed by atoms with E-state index in [4.69, 9.17) is 0 Å². The first-order valence-electron chi connectivity index (χ1n) is 5.45. The molecular weight excluding hydrogens is 160 g/mol. The lowest BCUT2D eigenvalue weighted by Crippen LogP contribution is -2.49. The maximum atomic E-state index is 3.68. The third kappa shape index (κ3) is 3.65. The van der Waals surface area contributed by atoms with Gasteiger partial charge in [-0.3, -0.25) is 0 Å². The fraction of sp³-hybridized carbons (Fsp3) is 1.00. The second-order valence-corrected chi connectivity index (χ2v) is 5.18. The molecule has 1 rings (SSSR count). The Kier molecular flexibility index (Phi) is 3.74. The molecule has 0 aromatic rings. The molecule has 1 fully saturated rings. The highest BCUT2D eigenvalue weighted by atomic mass is 15.2. The monoisotopic (exact) mass is 184 g/mol. The SMILES string of the molecule is CC(C)CC1(C)CN(C)CCCN1. The lowest BCUT2D eigenvalue weighted by atomic mass is 9.90. The Labute approximate surface area is 82.7 Å². The summed E-state index contributed by atoms with van der Waals surface area (Å²) in [4.78, 5) is 2.45. The lowest BCUT2D eigenvalue weighted by Gasteiger charge is -2.33. The standard InChI is InChI=1S/C11H24N2/c1-10(2)8-11(3)9-13(4)7-5-6-12-11/h10,12H,5-9H2,1-4H3. The van der Waals surface area contributed by atoms with E-state index >= 15 is 0 Å². The van der Waals surface area contributed by atoms with Gasteiger partial charge in [-0.25, -0.2) is 0 Å². The summed E-state index contributed by atoms with van der Waals surface area (Å²) in [5.74, 6) is 0.781. The van der Waals surface area contributed by atoms with E-state index < -0.39 is 0 Å². The summed E-state index contributed by atoms with van der Waals surface area (Å²) >= 11 is 0. The first kappa shape index (κ1) is 11.0. The Morgan fingerprint density at radius 1 is 1.46 bits per heavy atom. The average molecular weight is 184 g/mol. The molecule has 0 amide bonds. The summed E-state index contributed by atoms with van der Waals surface area (Å²) in [5.41, 5.74) is 0.333. The van der Waals surface area contributed by atoms with Crippen molar-refractivity contribution >= 4 is 0 Å². The zero-order valence-electron chi connectivity index (χ0n) is 9.56. The molecule has 0 aromatic carbocycles. The van der Waals surface area contributed by atoms with Crippen molar-refractivity contribution in [3.05, 3.63) is 0 Å². The average Bonchev–Trinajstić information content (AvgIpc) is 2.09. The molecule has 1 unspecified atom stereocenters. The van der Waals surface area contributed by atoms with E-state index in [2.05, 4.69) is 38.0 Å². The fourth-order valence-electron chi connectivity index (χ4n) is 2.51. The smallest absolute Gasteiger partial charge is 0.0282 e. The van der Waals surface area contributed by atoms with E-state index in [1.807, 2.05) is 0 Å². The van der Waals surface area contributed by atoms with Gasteiger partial charge in [0.1, 0.15) is 0 Å². The van der Waals surface area contributed by atoms with E-state index in [9.17, 15) is 0 Å². The molecule has 1 N–H and O–H groups in total.